The van der Waals surface area contributed by atoms with Crippen molar-refractivity contribution in [3.63, 3.8) is 0 Å². The van der Waals surface area contributed by atoms with Crippen molar-refractivity contribution in [2.75, 3.05) is 13.2 Å². The minimum absolute atomic E-state index is 0.0369. The molecule has 6 heteroatoms. The highest BCUT2D eigenvalue weighted by molar-refractivity contribution is 7.88. The van der Waals surface area contributed by atoms with Gasteiger partial charge in [0.15, 0.2) is 0 Å². The highest BCUT2D eigenvalue weighted by Gasteiger charge is 2.22. The average molecular weight is 330 g/mol. The minimum atomic E-state index is -3.60. The summed E-state index contributed by atoms with van der Waals surface area (Å²) in [7, 11) is -3.60. The first-order chi connectivity index (χ1) is 11.0. The molecule has 0 amide bonds. The van der Waals surface area contributed by atoms with E-state index in [9.17, 15) is 13.5 Å². The molecule has 23 heavy (non-hydrogen) atoms. The second kappa shape index (κ2) is 7.88. The smallest absolute Gasteiger partial charge is 0.218 e. The number of hydrogen-bond acceptors (Lipinski definition) is 4. The van der Waals surface area contributed by atoms with Gasteiger partial charge in [-0.15, -0.1) is 0 Å². The predicted octanol–water partition coefficient (Wildman–Crippen LogP) is 1.88. The third-order valence-electron chi connectivity index (χ3n) is 3.35. The number of benzene rings is 2. The van der Waals surface area contributed by atoms with Crippen molar-refractivity contribution in [2.24, 2.45) is 0 Å². The van der Waals surface area contributed by atoms with Gasteiger partial charge in [-0.25, -0.2) is 8.42 Å². The van der Waals surface area contributed by atoms with Crippen molar-refractivity contribution in [2.45, 2.75) is 12.3 Å². The lowest BCUT2D eigenvalue weighted by Gasteiger charge is -2.21. The minimum Gasteiger partial charge on any atom is -0.395 e. The van der Waals surface area contributed by atoms with E-state index in [1.54, 1.807) is 24.3 Å². The van der Waals surface area contributed by atoms with Crippen LogP contribution in [0.15, 0.2) is 54.6 Å². The summed E-state index contributed by atoms with van der Waals surface area (Å²) in [6, 6.07) is 17.8. The molecule has 0 spiro atoms. The molecule has 5 nitrogen and oxygen atoms in total. The quantitative estimate of drug-likeness (QED) is 0.840. The molecule has 0 aliphatic carbocycles. The van der Waals surface area contributed by atoms with Gasteiger partial charge in [-0.1, -0.05) is 42.5 Å². The first-order valence-corrected chi connectivity index (χ1v) is 8.78. The Kier molecular flexibility index (Phi) is 5.88. The van der Waals surface area contributed by atoms with Crippen LogP contribution in [-0.2, 0) is 22.3 Å². The molecule has 0 aromatic heterocycles. The fraction of sp³-hybridized carbons (Fsp3) is 0.235. The molecule has 0 unspecified atom stereocenters. The van der Waals surface area contributed by atoms with Gasteiger partial charge in [0.1, 0.15) is 0 Å². The van der Waals surface area contributed by atoms with E-state index in [-0.39, 0.29) is 25.4 Å². The third-order valence-corrected chi connectivity index (χ3v) is 5.15. The van der Waals surface area contributed by atoms with E-state index >= 15 is 0 Å². The lowest BCUT2D eigenvalue weighted by atomic mass is 10.2. The molecular weight excluding hydrogens is 312 g/mol. The summed E-state index contributed by atoms with van der Waals surface area (Å²) < 4.78 is 26.5. The molecule has 0 fully saturated rings. The molecule has 1 N–H and O–H groups in total. The van der Waals surface area contributed by atoms with Gasteiger partial charge in [0.2, 0.25) is 10.0 Å². The second-order valence-corrected chi connectivity index (χ2v) is 7.08. The van der Waals surface area contributed by atoms with E-state index in [1.807, 2.05) is 36.4 Å². The number of nitriles is 1. The van der Waals surface area contributed by atoms with Crippen molar-refractivity contribution in [1.82, 2.24) is 4.31 Å². The fourth-order valence-electron chi connectivity index (χ4n) is 2.25. The summed E-state index contributed by atoms with van der Waals surface area (Å²) in [6.07, 6.45) is 0. The highest BCUT2D eigenvalue weighted by atomic mass is 32.2. The van der Waals surface area contributed by atoms with Crippen LogP contribution in [0.5, 0.6) is 0 Å². The highest BCUT2D eigenvalue weighted by Crippen LogP contribution is 2.15. The van der Waals surface area contributed by atoms with E-state index in [0.29, 0.717) is 11.1 Å². The Morgan fingerprint density at radius 2 is 1.74 bits per heavy atom. The summed E-state index contributed by atoms with van der Waals surface area (Å²) in [5, 5.41) is 18.1. The zero-order valence-corrected chi connectivity index (χ0v) is 13.4. The van der Waals surface area contributed by atoms with E-state index in [4.69, 9.17) is 5.26 Å². The molecule has 2 aromatic carbocycles. The van der Waals surface area contributed by atoms with Crippen molar-refractivity contribution < 1.29 is 13.5 Å². The van der Waals surface area contributed by atoms with Crippen LogP contribution in [0.2, 0.25) is 0 Å². The number of nitrogens with zero attached hydrogens (tertiary/aromatic N) is 2. The Balaban J connectivity index is 2.20. The largest absolute Gasteiger partial charge is 0.395 e. The number of aliphatic hydroxyl groups excluding tert-OH is 1. The van der Waals surface area contributed by atoms with E-state index in [1.165, 1.54) is 4.31 Å². The normalized spacial score (nSPS) is 11.3. The maximum Gasteiger partial charge on any atom is 0.218 e. The van der Waals surface area contributed by atoms with Crippen LogP contribution in [-0.4, -0.2) is 31.0 Å². The molecular formula is C17H18N2O3S. The molecule has 0 aliphatic rings. The average Bonchev–Trinajstić information content (AvgIpc) is 2.55. The van der Waals surface area contributed by atoms with Gasteiger partial charge >= 0.3 is 0 Å². The molecule has 0 atom stereocenters. The number of aliphatic hydroxyl groups is 1. The molecule has 0 saturated carbocycles. The van der Waals surface area contributed by atoms with Crippen LogP contribution in [0.4, 0.5) is 0 Å². The molecule has 0 saturated heterocycles. The monoisotopic (exact) mass is 330 g/mol. The van der Waals surface area contributed by atoms with Crippen LogP contribution in [0.1, 0.15) is 16.7 Å². The number of rotatable bonds is 7. The van der Waals surface area contributed by atoms with E-state index in [2.05, 4.69) is 0 Å². The standard InChI is InChI=1S/C17H18N2O3S/c18-12-16-7-4-8-17(11-16)14-23(21,22)19(9-10-20)13-15-5-2-1-3-6-15/h1-8,11,20H,9-10,13-14H2. The van der Waals surface area contributed by atoms with Gasteiger partial charge in [0.25, 0.3) is 0 Å². The van der Waals surface area contributed by atoms with Gasteiger partial charge in [-0.2, -0.15) is 9.57 Å². The lowest BCUT2D eigenvalue weighted by Crippen LogP contribution is -2.34. The van der Waals surface area contributed by atoms with Gasteiger partial charge in [-0.3, -0.25) is 0 Å². The molecule has 0 heterocycles. The topological polar surface area (TPSA) is 81.4 Å². The third kappa shape index (κ3) is 4.89. The molecule has 2 aromatic rings. The van der Waals surface area contributed by atoms with Crippen molar-refractivity contribution in [3.05, 3.63) is 71.3 Å². The van der Waals surface area contributed by atoms with Crippen molar-refractivity contribution >= 4 is 10.0 Å². The first kappa shape index (κ1) is 17.2. The Bertz CT molecular complexity index is 783. The van der Waals surface area contributed by atoms with E-state index in [0.717, 1.165) is 5.56 Å². The summed E-state index contributed by atoms with van der Waals surface area (Å²) >= 11 is 0. The number of hydrogen-bond donors (Lipinski definition) is 1. The van der Waals surface area contributed by atoms with E-state index < -0.39 is 10.0 Å². The summed E-state index contributed by atoms with van der Waals surface area (Å²) in [5.41, 5.74) is 1.84. The Labute approximate surface area is 136 Å². The van der Waals surface area contributed by atoms with Crippen molar-refractivity contribution in [3.8, 4) is 6.07 Å². The van der Waals surface area contributed by atoms with Crippen LogP contribution >= 0.6 is 0 Å². The van der Waals surface area contributed by atoms with Gasteiger partial charge < -0.3 is 5.11 Å². The summed E-state index contributed by atoms with van der Waals surface area (Å²) in [5.74, 6) is -0.199. The van der Waals surface area contributed by atoms with Gasteiger partial charge in [0.05, 0.1) is 24.0 Å². The SMILES string of the molecule is N#Cc1cccc(CS(=O)(=O)N(CCO)Cc2ccccc2)c1. The first-order valence-electron chi connectivity index (χ1n) is 7.17. The van der Waals surface area contributed by atoms with Crippen molar-refractivity contribution in [1.29, 1.82) is 5.26 Å². The maximum atomic E-state index is 12.6. The maximum absolute atomic E-state index is 12.6. The number of sulfonamides is 1. The lowest BCUT2D eigenvalue weighted by molar-refractivity contribution is 0.251. The second-order valence-electron chi connectivity index (χ2n) is 5.11. The zero-order chi connectivity index (χ0) is 16.7. The molecule has 120 valence electrons. The zero-order valence-electron chi connectivity index (χ0n) is 12.6. The van der Waals surface area contributed by atoms with Crippen LogP contribution in [0.3, 0.4) is 0 Å². The van der Waals surface area contributed by atoms with Crippen LogP contribution in [0, 0.1) is 11.3 Å². The van der Waals surface area contributed by atoms with Crippen LogP contribution < -0.4 is 0 Å². The van der Waals surface area contributed by atoms with Gasteiger partial charge in [-0.05, 0) is 23.3 Å². The molecule has 0 radical (unpaired) electrons. The Morgan fingerprint density at radius 1 is 1.04 bits per heavy atom. The molecule has 2 rings (SSSR count). The Hall–Kier alpha value is -2.20. The molecule has 0 bridgehead atoms. The summed E-state index contributed by atoms with van der Waals surface area (Å²) in [6.45, 7) is 0.00113. The summed E-state index contributed by atoms with van der Waals surface area (Å²) in [4.78, 5) is 0. The Morgan fingerprint density at radius 3 is 2.39 bits per heavy atom. The van der Waals surface area contributed by atoms with Gasteiger partial charge in [0, 0.05) is 13.1 Å². The molecule has 0 aliphatic heterocycles. The predicted molar refractivity (Wildman–Crippen MR) is 87.7 cm³/mol. The van der Waals surface area contributed by atoms with Crippen LogP contribution in [0.25, 0.3) is 0 Å². The fourth-order valence-corrected chi connectivity index (χ4v) is 3.74.